The average Bonchev–Trinajstić information content (AvgIpc) is 2.35. The van der Waals surface area contributed by atoms with Crippen LogP contribution in [0.25, 0.3) is 0 Å². The normalized spacial score (nSPS) is 16.5. The molecule has 0 amide bonds. The Balaban J connectivity index is 3.95. The number of nitriles is 1. The minimum atomic E-state index is -0.355. The molecule has 0 aromatic carbocycles. The van der Waals surface area contributed by atoms with Gasteiger partial charge in [0.1, 0.15) is 5.54 Å². The molecule has 0 spiro atoms. The van der Waals surface area contributed by atoms with Crippen molar-refractivity contribution in [2.75, 3.05) is 20.1 Å². The van der Waals surface area contributed by atoms with Gasteiger partial charge >= 0.3 is 0 Å². The van der Waals surface area contributed by atoms with Gasteiger partial charge in [-0.2, -0.15) is 5.26 Å². The molecule has 0 aliphatic rings. The van der Waals surface area contributed by atoms with Crippen LogP contribution in [-0.2, 0) is 0 Å². The molecule has 0 rings (SSSR count). The van der Waals surface area contributed by atoms with Gasteiger partial charge in [0.25, 0.3) is 0 Å². The SMILES string of the molecule is CCCNC(C)(C#N)CCCN(C)C(C)CC. The van der Waals surface area contributed by atoms with Crippen molar-refractivity contribution in [2.45, 2.75) is 65.0 Å². The van der Waals surface area contributed by atoms with Crippen molar-refractivity contribution < 1.29 is 0 Å². The Morgan fingerprint density at radius 2 is 2.06 bits per heavy atom. The molecule has 0 aromatic rings. The first-order chi connectivity index (χ1) is 7.99. The third-order valence-corrected chi connectivity index (χ3v) is 3.54. The summed E-state index contributed by atoms with van der Waals surface area (Å²) in [5.41, 5.74) is -0.355. The van der Waals surface area contributed by atoms with E-state index in [9.17, 15) is 5.26 Å². The maximum Gasteiger partial charge on any atom is 0.103 e. The lowest BCUT2D eigenvalue weighted by Gasteiger charge is -2.27. The van der Waals surface area contributed by atoms with E-state index in [2.05, 4.69) is 44.1 Å². The van der Waals surface area contributed by atoms with E-state index in [1.54, 1.807) is 0 Å². The quantitative estimate of drug-likeness (QED) is 0.672. The van der Waals surface area contributed by atoms with Gasteiger partial charge in [0.05, 0.1) is 6.07 Å². The van der Waals surface area contributed by atoms with Crippen LogP contribution < -0.4 is 5.32 Å². The van der Waals surface area contributed by atoms with Crippen LogP contribution >= 0.6 is 0 Å². The molecule has 0 saturated carbocycles. The van der Waals surface area contributed by atoms with Gasteiger partial charge in [0.2, 0.25) is 0 Å². The van der Waals surface area contributed by atoms with Gasteiger partial charge in [-0.3, -0.25) is 5.32 Å². The van der Waals surface area contributed by atoms with Gasteiger partial charge in [-0.25, -0.2) is 0 Å². The lowest BCUT2D eigenvalue weighted by atomic mass is 9.97. The number of rotatable bonds is 9. The molecule has 17 heavy (non-hydrogen) atoms. The second kappa shape index (κ2) is 8.49. The number of hydrogen-bond acceptors (Lipinski definition) is 3. The van der Waals surface area contributed by atoms with E-state index < -0.39 is 0 Å². The first kappa shape index (κ1) is 16.4. The highest BCUT2D eigenvalue weighted by Crippen LogP contribution is 2.12. The monoisotopic (exact) mass is 239 g/mol. The van der Waals surface area contributed by atoms with Crippen LogP contribution in [0.3, 0.4) is 0 Å². The summed E-state index contributed by atoms with van der Waals surface area (Å²) < 4.78 is 0. The van der Waals surface area contributed by atoms with Crippen LogP contribution in [-0.4, -0.2) is 36.6 Å². The van der Waals surface area contributed by atoms with Crippen molar-refractivity contribution in [2.24, 2.45) is 0 Å². The van der Waals surface area contributed by atoms with Crippen molar-refractivity contribution in [3.8, 4) is 6.07 Å². The van der Waals surface area contributed by atoms with E-state index in [-0.39, 0.29) is 5.54 Å². The molecule has 0 aliphatic heterocycles. The molecule has 3 nitrogen and oxygen atoms in total. The molecule has 0 radical (unpaired) electrons. The Hall–Kier alpha value is -0.590. The molecule has 100 valence electrons. The highest BCUT2D eigenvalue weighted by atomic mass is 15.1. The summed E-state index contributed by atoms with van der Waals surface area (Å²) in [5, 5.41) is 12.5. The minimum absolute atomic E-state index is 0.355. The Bertz CT molecular complexity index is 234. The van der Waals surface area contributed by atoms with Gasteiger partial charge in [-0.15, -0.1) is 0 Å². The van der Waals surface area contributed by atoms with Crippen LogP contribution in [0.15, 0.2) is 0 Å². The lowest BCUT2D eigenvalue weighted by molar-refractivity contribution is 0.238. The van der Waals surface area contributed by atoms with Crippen LogP contribution in [0.1, 0.15) is 53.4 Å². The van der Waals surface area contributed by atoms with Crippen molar-refractivity contribution in [3.63, 3.8) is 0 Å². The van der Waals surface area contributed by atoms with E-state index in [1.807, 2.05) is 6.92 Å². The standard InChI is InChI=1S/C14H29N3/c1-6-10-16-14(4,12-15)9-8-11-17(5)13(3)7-2/h13,16H,6-11H2,1-5H3. The highest BCUT2D eigenvalue weighted by molar-refractivity contribution is 5.03. The molecular weight excluding hydrogens is 210 g/mol. The van der Waals surface area contributed by atoms with Gasteiger partial charge in [-0.05, 0) is 59.7 Å². The maximum absolute atomic E-state index is 9.21. The van der Waals surface area contributed by atoms with Crippen molar-refractivity contribution in [1.29, 1.82) is 5.26 Å². The van der Waals surface area contributed by atoms with Crippen molar-refractivity contribution >= 4 is 0 Å². The van der Waals surface area contributed by atoms with Crippen LogP contribution in [0.2, 0.25) is 0 Å². The Labute approximate surface area is 107 Å². The fourth-order valence-corrected chi connectivity index (χ4v) is 1.80. The predicted octanol–water partition coefficient (Wildman–Crippen LogP) is 2.78. The Morgan fingerprint density at radius 1 is 1.41 bits per heavy atom. The Kier molecular flexibility index (Phi) is 8.20. The van der Waals surface area contributed by atoms with Crippen LogP contribution in [0, 0.1) is 11.3 Å². The molecule has 0 bridgehead atoms. The molecule has 0 saturated heterocycles. The minimum Gasteiger partial charge on any atom is -0.304 e. The maximum atomic E-state index is 9.21. The zero-order valence-electron chi connectivity index (χ0n) is 12.2. The highest BCUT2D eigenvalue weighted by Gasteiger charge is 2.22. The third kappa shape index (κ3) is 6.65. The summed E-state index contributed by atoms with van der Waals surface area (Å²) >= 11 is 0. The Morgan fingerprint density at radius 3 is 2.53 bits per heavy atom. The number of nitrogens with one attached hydrogen (secondary N) is 1. The number of hydrogen-bond donors (Lipinski definition) is 1. The molecule has 0 aliphatic carbocycles. The molecule has 2 unspecified atom stereocenters. The lowest BCUT2D eigenvalue weighted by Crippen LogP contribution is -2.42. The molecule has 0 fully saturated rings. The summed E-state index contributed by atoms with van der Waals surface area (Å²) in [7, 11) is 2.16. The second-order valence-electron chi connectivity index (χ2n) is 5.21. The second-order valence-corrected chi connectivity index (χ2v) is 5.21. The molecular formula is C14H29N3. The van der Waals surface area contributed by atoms with Gasteiger partial charge in [0.15, 0.2) is 0 Å². The summed E-state index contributed by atoms with van der Waals surface area (Å²) in [5.74, 6) is 0. The first-order valence-electron chi connectivity index (χ1n) is 6.85. The van der Waals surface area contributed by atoms with Crippen LogP contribution in [0.5, 0.6) is 0 Å². The average molecular weight is 239 g/mol. The van der Waals surface area contributed by atoms with Crippen LogP contribution in [0.4, 0.5) is 0 Å². The van der Waals surface area contributed by atoms with Crippen molar-refractivity contribution in [1.82, 2.24) is 10.2 Å². The predicted molar refractivity (Wildman–Crippen MR) is 73.9 cm³/mol. The number of nitrogens with zero attached hydrogens (tertiary/aromatic N) is 2. The fourth-order valence-electron chi connectivity index (χ4n) is 1.80. The summed E-state index contributed by atoms with van der Waals surface area (Å²) in [6.45, 7) is 10.6. The molecule has 0 aromatic heterocycles. The topological polar surface area (TPSA) is 39.1 Å². The zero-order chi connectivity index (χ0) is 13.3. The smallest absolute Gasteiger partial charge is 0.103 e. The van der Waals surface area contributed by atoms with E-state index in [1.165, 1.54) is 6.42 Å². The van der Waals surface area contributed by atoms with E-state index in [4.69, 9.17) is 0 Å². The largest absolute Gasteiger partial charge is 0.304 e. The molecule has 0 heterocycles. The molecule has 3 heteroatoms. The third-order valence-electron chi connectivity index (χ3n) is 3.54. The summed E-state index contributed by atoms with van der Waals surface area (Å²) in [4.78, 5) is 2.37. The molecule has 1 N–H and O–H groups in total. The van der Waals surface area contributed by atoms with Gasteiger partial charge < -0.3 is 4.90 Å². The van der Waals surface area contributed by atoms with E-state index in [0.717, 1.165) is 32.4 Å². The summed E-state index contributed by atoms with van der Waals surface area (Å²) in [6, 6.07) is 3.03. The first-order valence-corrected chi connectivity index (χ1v) is 6.85. The van der Waals surface area contributed by atoms with Gasteiger partial charge in [-0.1, -0.05) is 13.8 Å². The van der Waals surface area contributed by atoms with E-state index >= 15 is 0 Å². The summed E-state index contributed by atoms with van der Waals surface area (Å²) in [6.07, 6.45) is 4.25. The molecule has 2 atom stereocenters. The van der Waals surface area contributed by atoms with E-state index in [0.29, 0.717) is 6.04 Å². The van der Waals surface area contributed by atoms with Crippen molar-refractivity contribution in [3.05, 3.63) is 0 Å². The fraction of sp³-hybridized carbons (Fsp3) is 0.929. The zero-order valence-corrected chi connectivity index (χ0v) is 12.2. The van der Waals surface area contributed by atoms with Gasteiger partial charge in [0, 0.05) is 6.04 Å².